The molecule has 0 aromatic heterocycles. The van der Waals surface area contributed by atoms with Crippen LogP contribution in [0.25, 0.3) is 0 Å². The van der Waals surface area contributed by atoms with Gasteiger partial charge in [-0.2, -0.15) is 4.31 Å². The van der Waals surface area contributed by atoms with Gasteiger partial charge >= 0.3 is 0 Å². The number of hydrogen-bond donors (Lipinski definition) is 0. The molecule has 144 valence electrons. The van der Waals surface area contributed by atoms with Gasteiger partial charge in [0.15, 0.2) is 0 Å². The van der Waals surface area contributed by atoms with Crippen LogP contribution in [0.5, 0.6) is 0 Å². The lowest BCUT2D eigenvalue weighted by Gasteiger charge is -2.34. The first-order valence-electron chi connectivity index (χ1n) is 9.07. The fraction of sp³-hybridized carbons (Fsp3) is 0.611. The van der Waals surface area contributed by atoms with Gasteiger partial charge in [-0.1, -0.05) is 32.0 Å². The molecule has 1 aromatic carbocycles. The molecule has 2 aliphatic heterocycles. The molecule has 1 unspecified atom stereocenters. The number of carbonyl (C=O) groups excluding carboxylic acids is 1. The largest absolute Gasteiger partial charge is 0.379 e. The number of rotatable bonds is 5. The van der Waals surface area contributed by atoms with E-state index in [4.69, 9.17) is 4.74 Å². The molecule has 7 nitrogen and oxygen atoms in total. The van der Waals surface area contributed by atoms with Gasteiger partial charge in [0.25, 0.3) is 0 Å². The first-order valence-corrected chi connectivity index (χ1v) is 10.5. The fourth-order valence-corrected chi connectivity index (χ4v) is 5.36. The van der Waals surface area contributed by atoms with E-state index in [-0.39, 0.29) is 16.7 Å². The molecule has 3 rings (SSSR count). The molecule has 0 N–H and O–H groups in total. The van der Waals surface area contributed by atoms with Crippen molar-refractivity contribution in [1.82, 2.24) is 14.1 Å². The quantitative estimate of drug-likeness (QED) is 0.756. The van der Waals surface area contributed by atoms with Gasteiger partial charge in [0, 0.05) is 26.2 Å². The summed E-state index contributed by atoms with van der Waals surface area (Å²) in [6, 6.07) is 8.43. The van der Waals surface area contributed by atoms with Gasteiger partial charge in [0.1, 0.15) is 6.17 Å². The number of carbonyl (C=O) groups is 1. The number of benzene rings is 1. The summed E-state index contributed by atoms with van der Waals surface area (Å²) < 4.78 is 32.9. The summed E-state index contributed by atoms with van der Waals surface area (Å²) >= 11 is 0. The standard InChI is InChI=1S/C18H27N3O4S/c1-15(2)18-20(17(22)14-19-10-12-25-13-11-19)8-9-21(18)26(23,24)16-6-4-3-5-7-16/h3-7,15,18H,8-14H2,1-2H3. The minimum atomic E-state index is -3.63. The second-order valence-electron chi connectivity index (χ2n) is 7.06. The Kier molecular flexibility index (Phi) is 5.96. The van der Waals surface area contributed by atoms with E-state index in [1.54, 1.807) is 35.2 Å². The zero-order valence-electron chi connectivity index (χ0n) is 15.4. The Morgan fingerprint density at radius 2 is 1.77 bits per heavy atom. The lowest BCUT2D eigenvalue weighted by atomic mass is 10.1. The summed E-state index contributed by atoms with van der Waals surface area (Å²) in [5, 5.41) is 0. The Hall–Kier alpha value is -1.48. The van der Waals surface area contributed by atoms with Gasteiger partial charge in [-0.25, -0.2) is 8.42 Å². The van der Waals surface area contributed by atoms with Gasteiger partial charge in [-0.3, -0.25) is 9.69 Å². The number of ether oxygens (including phenoxy) is 1. The van der Waals surface area contributed by atoms with Crippen LogP contribution in [0.15, 0.2) is 35.2 Å². The van der Waals surface area contributed by atoms with Crippen molar-refractivity contribution in [2.24, 2.45) is 5.92 Å². The normalized spacial score (nSPS) is 22.9. The van der Waals surface area contributed by atoms with E-state index >= 15 is 0 Å². The van der Waals surface area contributed by atoms with Gasteiger partial charge in [0.2, 0.25) is 15.9 Å². The van der Waals surface area contributed by atoms with Gasteiger partial charge in [0.05, 0.1) is 24.7 Å². The summed E-state index contributed by atoms with van der Waals surface area (Å²) in [5.74, 6) is -0.0130. The fourth-order valence-electron chi connectivity index (χ4n) is 3.62. The van der Waals surface area contributed by atoms with Crippen molar-refractivity contribution >= 4 is 15.9 Å². The highest BCUT2D eigenvalue weighted by molar-refractivity contribution is 7.89. The predicted molar refractivity (Wildman–Crippen MR) is 97.9 cm³/mol. The van der Waals surface area contributed by atoms with Crippen LogP contribution in [0.1, 0.15) is 13.8 Å². The smallest absolute Gasteiger partial charge is 0.244 e. The molecule has 0 aliphatic carbocycles. The Labute approximate surface area is 155 Å². The van der Waals surface area contributed by atoms with E-state index in [9.17, 15) is 13.2 Å². The highest BCUT2D eigenvalue weighted by Gasteiger charge is 2.43. The molecule has 1 amide bonds. The summed E-state index contributed by atoms with van der Waals surface area (Å²) in [7, 11) is -3.63. The van der Waals surface area contributed by atoms with Crippen molar-refractivity contribution in [3.8, 4) is 0 Å². The summed E-state index contributed by atoms with van der Waals surface area (Å²) in [6.45, 7) is 7.72. The Bertz CT molecular complexity index is 717. The van der Waals surface area contributed by atoms with Crippen molar-refractivity contribution in [1.29, 1.82) is 0 Å². The molecule has 0 bridgehead atoms. The molecule has 1 aromatic rings. The molecule has 1 atom stereocenters. The van der Waals surface area contributed by atoms with Gasteiger partial charge in [-0.05, 0) is 18.1 Å². The second-order valence-corrected chi connectivity index (χ2v) is 8.95. The van der Waals surface area contributed by atoms with E-state index in [1.165, 1.54) is 4.31 Å². The summed E-state index contributed by atoms with van der Waals surface area (Å²) in [4.78, 5) is 16.9. The third-order valence-electron chi connectivity index (χ3n) is 4.90. The van der Waals surface area contributed by atoms with Gasteiger partial charge in [-0.15, -0.1) is 0 Å². The first kappa shape index (κ1) is 19.3. The van der Waals surface area contributed by atoms with E-state index in [1.807, 2.05) is 13.8 Å². The molecule has 0 spiro atoms. The average molecular weight is 381 g/mol. The molecular weight excluding hydrogens is 354 g/mol. The zero-order chi connectivity index (χ0) is 18.7. The van der Waals surface area contributed by atoms with E-state index in [0.29, 0.717) is 32.8 Å². The molecule has 0 saturated carbocycles. The lowest BCUT2D eigenvalue weighted by molar-refractivity contribution is -0.136. The average Bonchev–Trinajstić information content (AvgIpc) is 3.10. The van der Waals surface area contributed by atoms with E-state index in [0.717, 1.165) is 13.1 Å². The van der Waals surface area contributed by atoms with E-state index < -0.39 is 16.2 Å². The van der Waals surface area contributed by atoms with Crippen LogP contribution >= 0.6 is 0 Å². The maximum absolute atomic E-state index is 13.1. The zero-order valence-corrected chi connectivity index (χ0v) is 16.2. The Morgan fingerprint density at radius 1 is 1.12 bits per heavy atom. The maximum Gasteiger partial charge on any atom is 0.244 e. The van der Waals surface area contributed by atoms with Crippen LogP contribution in [0.3, 0.4) is 0 Å². The lowest BCUT2D eigenvalue weighted by Crippen LogP contribution is -2.51. The number of morpholine rings is 1. The third kappa shape index (κ3) is 3.93. The Balaban J connectivity index is 1.78. The summed E-state index contributed by atoms with van der Waals surface area (Å²) in [6.07, 6.45) is -0.450. The molecule has 0 radical (unpaired) electrons. The second kappa shape index (κ2) is 8.04. The van der Waals surface area contributed by atoms with Gasteiger partial charge < -0.3 is 9.64 Å². The third-order valence-corrected chi connectivity index (χ3v) is 6.79. The molecule has 2 saturated heterocycles. The predicted octanol–water partition coefficient (Wildman–Crippen LogP) is 0.834. The van der Waals surface area contributed by atoms with Crippen molar-refractivity contribution in [3.05, 3.63) is 30.3 Å². The minimum Gasteiger partial charge on any atom is -0.379 e. The van der Waals surface area contributed by atoms with Crippen LogP contribution in [0.4, 0.5) is 0 Å². The number of sulfonamides is 1. The van der Waals surface area contributed by atoms with Crippen LogP contribution in [-0.2, 0) is 19.6 Å². The maximum atomic E-state index is 13.1. The van der Waals surface area contributed by atoms with Crippen molar-refractivity contribution < 1.29 is 17.9 Å². The molecule has 8 heteroatoms. The highest BCUT2D eigenvalue weighted by atomic mass is 32.2. The molecule has 2 fully saturated rings. The molecule has 26 heavy (non-hydrogen) atoms. The van der Waals surface area contributed by atoms with Crippen LogP contribution in [-0.4, -0.2) is 80.5 Å². The summed E-state index contributed by atoms with van der Waals surface area (Å²) in [5.41, 5.74) is 0. The monoisotopic (exact) mass is 381 g/mol. The van der Waals surface area contributed by atoms with E-state index in [2.05, 4.69) is 4.90 Å². The van der Waals surface area contributed by atoms with Crippen LogP contribution < -0.4 is 0 Å². The molecular formula is C18H27N3O4S. The van der Waals surface area contributed by atoms with Crippen LogP contribution in [0, 0.1) is 5.92 Å². The number of hydrogen-bond acceptors (Lipinski definition) is 5. The number of nitrogens with zero attached hydrogens (tertiary/aromatic N) is 3. The van der Waals surface area contributed by atoms with Crippen molar-refractivity contribution in [3.63, 3.8) is 0 Å². The van der Waals surface area contributed by atoms with Crippen molar-refractivity contribution in [2.45, 2.75) is 24.9 Å². The number of amides is 1. The Morgan fingerprint density at radius 3 is 2.38 bits per heavy atom. The topological polar surface area (TPSA) is 70.2 Å². The molecule has 2 aliphatic rings. The van der Waals surface area contributed by atoms with Crippen LogP contribution in [0.2, 0.25) is 0 Å². The molecule has 2 heterocycles. The highest BCUT2D eigenvalue weighted by Crippen LogP contribution is 2.28. The minimum absolute atomic E-state index is 0.00428. The first-order chi connectivity index (χ1) is 12.4. The SMILES string of the molecule is CC(C)C1N(C(=O)CN2CCOCC2)CCN1S(=O)(=O)c1ccccc1. The van der Waals surface area contributed by atoms with Crippen molar-refractivity contribution in [2.75, 3.05) is 45.9 Å².